The van der Waals surface area contributed by atoms with Crippen LogP contribution >= 0.6 is 11.8 Å². The van der Waals surface area contributed by atoms with Crippen LogP contribution in [-0.2, 0) is 0 Å². The molecule has 1 saturated heterocycles. The Hall–Kier alpha value is -0.830. The molecular weight excluding hydrogens is 242 g/mol. The molecule has 1 aliphatic rings. The smallest absolute Gasteiger partial charge is 0.121 e. The molecule has 2 rings (SSSR count). The van der Waals surface area contributed by atoms with Crippen molar-refractivity contribution in [3.63, 3.8) is 0 Å². The first-order valence-electron chi connectivity index (χ1n) is 6.78. The van der Waals surface area contributed by atoms with Gasteiger partial charge >= 0.3 is 0 Å². The maximum absolute atomic E-state index is 5.74. The molecule has 1 atom stereocenters. The second-order valence-corrected chi connectivity index (χ2v) is 6.49. The topological polar surface area (TPSA) is 21.3 Å². The van der Waals surface area contributed by atoms with Gasteiger partial charge in [-0.2, -0.15) is 11.8 Å². The summed E-state index contributed by atoms with van der Waals surface area (Å²) in [5, 5.41) is 3.52. The average molecular weight is 265 g/mol. The molecule has 0 radical (unpaired) electrons. The standard InChI is InChI=1S/C15H23NOS/c1-12(2)10-17-15-5-3-4-14(8-15)16-9-13-6-7-18-11-13/h3-5,8,12-13,16H,6-7,9-11H2,1-2H3. The zero-order chi connectivity index (χ0) is 12.8. The van der Waals surface area contributed by atoms with Crippen molar-refractivity contribution in [3.8, 4) is 5.75 Å². The predicted molar refractivity (Wildman–Crippen MR) is 80.7 cm³/mol. The van der Waals surface area contributed by atoms with Gasteiger partial charge in [0.15, 0.2) is 0 Å². The summed E-state index contributed by atoms with van der Waals surface area (Å²) in [7, 11) is 0. The summed E-state index contributed by atoms with van der Waals surface area (Å²) in [6.07, 6.45) is 1.35. The van der Waals surface area contributed by atoms with Gasteiger partial charge < -0.3 is 10.1 Å². The minimum atomic E-state index is 0.567. The first kappa shape index (κ1) is 13.6. The highest BCUT2D eigenvalue weighted by Gasteiger charge is 2.14. The lowest BCUT2D eigenvalue weighted by atomic mass is 10.1. The number of thioether (sulfide) groups is 1. The molecule has 0 spiro atoms. The number of benzene rings is 1. The molecular formula is C15H23NOS. The number of anilines is 1. The highest BCUT2D eigenvalue weighted by molar-refractivity contribution is 7.99. The van der Waals surface area contributed by atoms with Crippen molar-refractivity contribution in [1.29, 1.82) is 0 Å². The quantitative estimate of drug-likeness (QED) is 0.843. The van der Waals surface area contributed by atoms with Crippen molar-refractivity contribution >= 4 is 17.4 Å². The van der Waals surface area contributed by atoms with Gasteiger partial charge in [0.1, 0.15) is 5.75 Å². The van der Waals surface area contributed by atoms with Crippen LogP contribution in [0.1, 0.15) is 20.3 Å². The van der Waals surface area contributed by atoms with Crippen LogP contribution in [-0.4, -0.2) is 24.7 Å². The second kappa shape index (κ2) is 6.93. The van der Waals surface area contributed by atoms with E-state index in [2.05, 4.69) is 49.1 Å². The fourth-order valence-corrected chi connectivity index (χ4v) is 3.25. The van der Waals surface area contributed by atoms with E-state index >= 15 is 0 Å². The molecule has 1 aromatic rings. The Morgan fingerprint density at radius 1 is 1.44 bits per heavy atom. The van der Waals surface area contributed by atoms with E-state index in [1.54, 1.807) is 0 Å². The largest absolute Gasteiger partial charge is 0.493 e. The predicted octanol–water partition coefficient (Wildman–Crippen LogP) is 3.89. The van der Waals surface area contributed by atoms with Crippen LogP contribution < -0.4 is 10.1 Å². The SMILES string of the molecule is CC(C)COc1cccc(NCC2CCSC2)c1. The first-order valence-corrected chi connectivity index (χ1v) is 7.94. The normalized spacial score (nSPS) is 19.2. The molecule has 1 aromatic carbocycles. The maximum atomic E-state index is 5.74. The van der Waals surface area contributed by atoms with Gasteiger partial charge in [-0.05, 0) is 41.9 Å². The lowest BCUT2D eigenvalue weighted by Gasteiger charge is -2.13. The third-order valence-corrected chi connectivity index (χ3v) is 4.27. The van der Waals surface area contributed by atoms with E-state index < -0.39 is 0 Å². The van der Waals surface area contributed by atoms with Gasteiger partial charge in [-0.3, -0.25) is 0 Å². The molecule has 0 aromatic heterocycles. The van der Waals surface area contributed by atoms with Crippen molar-refractivity contribution in [3.05, 3.63) is 24.3 Å². The summed E-state index contributed by atoms with van der Waals surface area (Å²) in [4.78, 5) is 0. The minimum absolute atomic E-state index is 0.567. The van der Waals surface area contributed by atoms with E-state index in [4.69, 9.17) is 4.74 Å². The van der Waals surface area contributed by atoms with Gasteiger partial charge in [0.05, 0.1) is 6.61 Å². The molecule has 3 heteroatoms. The molecule has 18 heavy (non-hydrogen) atoms. The van der Waals surface area contributed by atoms with E-state index in [0.29, 0.717) is 5.92 Å². The average Bonchev–Trinajstić information content (AvgIpc) is 2.87. The van der Waals surface area contributed by atoms with Gasteiger partial charge in [-0.25, -0.2) is 0 Å². The summed E-state index contributed by atoms with van der Waals surface area (Å²) in [6.45, 7) is 6.20. The van der Waals surface area contributed by atoms with Gasteiger partial charge in [0.2, 0.25) is 0 Å². The highest BCUT2D eigenvalue weighted by atomic mass is 32.2. The Morgan fingerprint density at radius 2 is 2.33 bits per heavy atom. The van der Waals surface area contributed by atoms with Crippen LogP contribution in [0.3, 0.4) is 0 Å². The number of hydrogen-bond acceptors (Lipinski definition) is 3. The van der Waals surface area contributed by atoms with Crippen molar-refractivity contribution in [2.24, 2.45) is 11.8 Å². The van der Waals surface area contributed by atoms with Gasteiger partial charge in [-0.15, -0.1) is 0 Å². The summed E-state index contributed by atoms with van der Waals surface area (Å²) in [6, 6.07) is 8.30. The van der Waals surface area contributed by atoms with Crippen LogP contribution in [0.25, 0.3) is 0 Å². The molecule has 0 amide bonds. The Bertz CT molecular complexity index is 361. The number of hydrogen-bond donors (Lipinski definition) is 1. The monoisotopic (exact) mass is 265 g/mol. The molecule has 0 bridgehead atoms. The molecule has 1 heterocycles. The molecule has 1 unspecified atom stereocenters. The molecule has 0 saturated carbocycles. The van der Waals surface area contributed by atoms with Gasteiger partial charge in [0, 0.05) is 18.3 Å². The molecule has 1 fully saturated rings. The Morgan fingerprint density at radius 3 is 3.06 bits per heavy atom. The summed E-state index contributed by atoms with van der Waals surface area (Å²) >= 11 is 2.07. The third kappa shape index (κ3) is 4.45. The number of nitrogens with one attached hydrogen (secondary N) is 1. The molecule has 1 aliphatic heterocycles. The summed E-state index contributed by atoms with van der Waals surface area (Å²) in [5.74, 6) is 4.99. The van der Waals surface area contributed by atoms with E-state index in [9.17, 15) is 0 Å². The summed E-state index contributed by atoms with van der Waals surface area (Å²) in [5.41, 5.74) is 1.17. The van der Waals surface area contributed by atoms with E-state index in [1.165, 1.54) is 23.6 Å². The van der Waals surface area contributed by atoms with E-state index in [-0.39, 0.29) is 0 Å². The lowest BCUT2D eigenvalue weighted by molar-refractivity contribution is 0.271. The number of ether oxygens (including phenoxy) is 1. The van der Waals surface area contributed by atoms with Crippen LogP contribution in [0, 0.1) is 11.8 Å². The van der Waals surface area contributed by atoms with E-state index in [0.717, 1.165) is 24.8 Å². The van der Waals surface area contributed by atoms with Crippen molar-refractivity contribution in [2.45, 2.75) is 20.3 Å². The second-order valence-electron chi connectivity index (χ2n) is 5.34. The van der Waals surface area contributed by atoms with Crippen molar-refractivity contribution in [1.82, 2.24) is 0 Å². The van der Waals surface area contributed by atoms with Gasteiger partial charge in [0.25, 0.3) is 0 Å². The molecule has 1 N–H and O–H groups in total. The molecule has 0 aliphatic carbocycles. The fourth-order valence-electron chi connectivity index (χ4n) is 1.97. The summed E-state index contributed by atoms with van der Waals surface area (Å²) < 4.78 is 5.74. The Labute approximate surface area is 114 Å². The van der Waals surface area contributed by atoms with Crippen LogP contribution in [0.5, 0.6) is 5.75 Å². The highest BCUT2D eigenvalue weighted by Crippen LogP contribution is 2.24. The zero-order valence-electron chi connectivity index (χ0n) is 11.3. The first-order chi connectivity index (χ1) is 8.74. The zero-order valence-corrected chi connectivity index (χ0v) is 12.1. The van der Waals surface area contributed by atoms with Crippen LogP contribution in [0.15, 0.2) is 24.3 Å². The van der Waals surface area contributed by atoms with Crippen LogP contribution in [0.2, 0.25) is 0 Å². The maximum Gasteiger partial charge on any atom is 0.121 e. The van der Waals surface area contributed by atoms with Crippen molar-refractivity contribution in [2.75, 3.05) is 30.0 Å². The Balaban J connectivity index is 1.82. The molecule has 100 valence electrons. The van der Waals surface area contributed by atoms with Crippen molar-refractivity contribution < 1.29 is 4.74 Å². The van der Waals surface area contributed by atoms with E-state index in [1.807, 2.05) is 6.07 Å². The number of rotatable bonds is 6. The lowest BCUT2D eigenvalue weighted by Crippen LogP contribution is -2.13. The fraction of sp³-hybridized carbons (Fsp3) is 0.600. The van der Waals surface area contributed by atoms with Gasteiger partial charge in [-0.1, -0.05) is 19.9 Å². The van der Waals surface area contributed by atoms with Crippen LogP contribution in [0.4, 0.5) is 5.69 Å². The Kier molecular flexibility index (Phi) is 5.24. The molecule has 2 nitrogen and oxygen atoms in total. The third-order valence-electron chi connectivity index (χ3n) is 3.04. The minimum Gasteiger partial charge on any atom is -0.493 e.